The predicted octanol–water partition coefficient (Wildman–Crippen LogP) is 2.24. The molecule has 1 N–H and O–H groups in total. The summed E-state index contributed by atoms with van der Waals surface area (Å²) in [5, 5.41) is 3.77. The van der Waals surface area contributed by atoms with Crippen molar-refractivity contribution in [3.05, 3.63) is 30.1 Å². The summed E-state index contributed by atoms with van der Waals surface area (Å²) in [6.07, 6.45) is 6.39. The molecule has 0 spiro atoms. The number of rotatable bonds is 5. The fourth-order valence-electron chi connectivity index (χ4n) is 3.61. The molecule has 0 aliphatic carbocycles. The molecule has 2 saturated heterocycles. The van der Waals surface area contributed by atoms with Gasteiger partial charge in [0.1, 0.15) is 0 Å². The number of hydrogen-bond donors (Lipinski definition) is 1. The first-order chi connectivity index (χ1) is 12.1. The molecular weight excluding hydrogens is 318 g/mol. The Labute approximate surface area is 149 Å². The number of carbonyl (C=O) groups is 1. The molecule has 25 heavy (non-hydrogen) atoms. The van der Waals surface area contributed by atoms with Gasteiger partial charge in [-0.15, -0.1) is 0 Å². The van der Waals surface area contributed by atoms with E-state index in [0.717, 1.165) is 45.6 Å². The summed E-state index contributed by atoms with van der Waals surface area (Å²) in [6.45, 7) is 6.85. The second-order valence-corrected chi connectivity index (χ2v) is 7.32. The van der Waals surface area contributed by atoms with Crippen molar-refractivity contribution in [1.82, 2.24) is 15.2 Å². The lowest BCUT2D eigenvalue weighted by Gasteiger charge is -2.34. The molecule has 1 aromatic heterocycles. The molecule has 6 heteroatoms. The molecule has 2 fully saturated rings. The van der Waals surface area contributed by atoms with Crippen LogP contribution in [0.4, 0.5) is 4.79 Å². The molecule has 6 nitrogen and oxygen atoms in total. The van der Waals surface area contributed by atoms with Crippen molar-refractivity contribution in [3.63, 3.8) is 0 Å². The van der Waals surface area contributed by atoms with E-state index in [9.17, 15) is 4.79 Å². The van der Waals surface area contributed by atoms with Crippen molar-refractivity contribution in [2.75, 3.05) is 26.3 Å². The normalized spacial score (nSPS) is 24.7. The lowest BCUT2D eigenvalue weighted by Crippen LogP contribution is -2.50. The highest BCUT2D eigenvalue weighted by Crippen LogP contribution is 2.21. The molecule has 3 rings (SSSR count). The Bertz CT molecular complexity index is 544. The highest BCUT2D eigenvalue weighted by atomic mass is 16.6. The van der Waals surface area contributed by atoms with E-state index in [2.05, 4.69) is 22.4 Å². The molecule has 2 atom stereocenters. The standard InChI is InChI=1S/C19H29N3O3/c1-14(2)25-19(23)22-9-5-17(6-10-22)21-18-13-24-12-16(18)11-15-3-7-20-8-4-15/h3-4,7-8,14,16-18,21H,5-6,9-13H2,1-2H3/t16-,18+/m1/s1. The first-order valence-electron chi connectivity index (χ1n) is 9.30. The van der Waals surface area contributed by atoms with Crippen molar-refractivity contribution < 1.29 is 14.3 Å². The van der Waals surface area contributed by atoms with Crippen molar-refractivity contribution in [3.8, 4) is 0 Å². The van der Waals surface area contributed by atoms with Gasteiger partial charge in [0.2, 0.25) is 0 Å². The van der Waals surface area contributed by atoms with Gasteiger partial charge in [0.05, 0.1) is 19.3 Å². The highest BCUT2D eigenvalue weighted by molar-refractivity contribution is 5.67. The third-order valence-electron chi connectivity index (χ3n) is 4.99. The lowest BCUT2D eigenvalue weighted by molar-refractivity contribution is 0.0668. The van der Waals surface area contributed by atoms with E-state index in [1.165, 1.54) is 5.56 Å². The first-order valence-corrected chi connectivity index (χ1v) is 9.30. The molecule has 0 radical (unpaired) electrons. The number of piperidine rings is 1. The third-order valence-corrected chi connectivity index (χ3v) is 4.99. The van der Waals surface area contributed by atoms with Gasteiger partial charge in [-0.1, -0.05) is 0 Å². The van der Waals surface area contributed by atoms with Crippen LogP contribution < -0.4 is 5.32 Å². The van der Waals surface area contributed by atoms with E-state index < -0.39 is 0 Å². The van der Waals surface area contributed by atoms with Crippen LogP contribution >= 0.6 is 0 Å². The Morgan fingerprint density at radius 3 is 2.72 bits per heavy atom. The summed E-state index contributed by atoms with van der Waals surface area (Å²) in [5.41, 5.74) is 1.31. The van der Waals surface area contributed by atoms with E-state index >= 15 is 0 Å². The second-order valence-electron chi connectivity index (χ2n) is 7.32. The molecule has 2 aliphatic heterocycles. The number of pyridine rings is 1. The zero-order chi connectivity index (χ0) is 17.6. The molecule has 1 aromatic rings. The number of nitrogens with zero attached hydrogens (tertiary/aromatic N) is 2. The number of aromatic nitrogens is 1. The van der Waals surface area contributed by atoms with Crippen LogP contribution in [-0.4, -0.2) is 60.5 Å². The fraction of sp³-hybridized carbons (Fsp3) is 0.684. The summed E-state index contributed by atoms with van der Waals surface area (Å²) in [7, 11) is 0. The van der Waals surface area contributed by atoms with E-state index in [4.69, 9.17) is 9.47 Å². The minimum absolute atomic E-state index is 0.0621. The molecule has 138 valence electrons. The van der Waals surface area contributed by atoms with Gasteiger partial charge in [0, 0.05) is 43.5 Å². The van der Waals surface area contributed by atoms with Crippen molar-refractivity contribution in [2.45, 2.75) is 51.3 Å². The molecule has 0 aromatic carbocycles. The number of likely N-dealkylation sites (tertiary alicyclic amines) is 1. The molecule has 3 heterocycles. The van der Waals surface area contributed by atoms with E-state index in [1.54, 1.807) is 0 Å². The Hall–Kier alpha value is -1.66. The van der Waals surface area contributed by atoms with Gasteiger partial charge < -0.3 is 19.7 Å². The Morgan fingerprint density at radius 2 is 2.04 bits per heavy atom. The maximum Gasteiger partial charge on any atom is 0.410 e. The van der Waals surface area contributed by atoms with Crippen LogP contribution in [0.2, 0.25) is 0 Å². The minimum atomic E-state index is -0.187. The van der Waals surface area contributed by atoms with Crippen LogP contribution in [0.5, 0.6) is 0 Å². The van der Waals surface area contributed by atoms with Crippen LogP contribution in [0.15, 0.2) is 24.5 Å². The maximum atomic E-state index is 12.0. The van der Waals surface area contributed by atoms with Crippen molar-refractivity contribution in [1.29, 1.82) is 0 Å². The van der Waals surface area contributed by atoms with Gasteiger partial charge in [0.25, 0.3) is 0 Å². The highest BCUT2D eigenvalue weighted by Gasteiger charge is 2.32. The quantitative estimate of drug-likeness (QED) is 0.885. The fourth-order valence-corrected chi connectivity index (χ4v) is 3.61. The number of carbonyl (C=O) groups excluding carboxylic acids is 1. The Morgan fingerprint density at radius 1 is 1.32 bits per heavy atom. The van der Waals surface area contributed by atoms with Crippen LogP contribution in [0.3, 0.4) is 0 Å². The molecule has 0 unspecified atom stereocenters. The first kappa shape index (κ1) is 18.1. The molecule has 0 bridgehead atoms. The summed E-state index contributed by atoms with van der Waals surface area (Å²) in [4.78, 5) is 17.9. The van der Waals surface area contributed by atoms with E-state index in [1.807, 2.05) is 31.1 Å². The summed E-state index contributed by atoms with van der Waals surface area (Å²) >= 11 is 0. The second kappa shape index (κ2) is 8.63. The molecule has 2 aliphatic rings. The molecular formula is C19H29N3O3. The van der Waals surface area contributed by atoms with E-state index in [0.29, 0.717) is 18.0 Å². The summed E-state index contributed by atoms with van der Waals surface area (Å²) < 4.78 is 11.0. The van der Waals surface area contributed by atoms with Gasteiger partial charge in [0.15, 0.2) is 0 Å². The third kappa shape index (κ3) is 5.16. The van der Waals surface area contributed by atoms with Gasteiger partial charge in [-0.3, -0.25) is 4.98 Å². The number of amides is 1. The summed E-state index contributed by atoms with van der Waals surface area (Å²) in [6, 6.07) is 4.98. The zero-order valence-electron chi connectivity index (χ0n) is 15.2. The average Bonchev–Trinajstić information content (AvgIpc) is 3.02. The van der Waals surface area contributed by atoms with Crippen LogP contribution in [0.25, 0.3) is 0 Å². The summed E-state index contributed by atoms with van der Waals surface area (Å²) in [5.74, 6) is 0.492. The lowest BCUT2D eigenvalue weighted by atomic mass is 9.93. The van der Waals surface area contributed by atoms with E-state index in [-0.39, 0.29) is 12.2 Å². The maximum absolute atomic E-state index is 12.0. The van der Waals surface area contributed by atoms with Crippen LogP contribution in [0.1, 0.15) is 32.3 Å². The van der Waals surface area contributed by atoms with Gasteiger partial charge >= 0.3 is 6.09 Å². The van der Waals surface area contributed by atoms with Crippen LogP contribution in [-0.2, 0) is 15.9 Å². The van der Waals surface area contributed by atoms with Gasteiger partial charge in [-0.05, 0) is 50.8 Å². The molecule has 0 saturated carbocycles. The Balaban J connectivity index is 1.45. The van der Waals surface area contributed by atoms with Gasteiger partial charge in [-0.2, -0.15) is 0 Å². The monoisotopic (exact) mass is 347 g/mol. The number of ether oxygens (including phenoxy) is 2. The number of nitrogens with one attached hydrogen (secondary N) is 1. The smallest absolute Gasteiger partial charge is 0.410 e. The van der Waals surface area contributed by atoms with Gasteiger partial charge in [-0.25, -0.2) is 4.79 Å². The topological polar surface area (TPSA) is 63.7 Å². The van der Waals surface area contributed by atoms with Crippen molar-refractivity contribution in [2.24, 2.45) is 5.92 Å². The zero-order valence-corrected chi connectivity index (χ0v) is 15.2. The largest absolute Gasteiger partial charge is 0.447 e. The van der Waals surface area contributed by atoms with Crippen LogP contribution in [0, 0.1) is 5.92 Å². The number of hydrogen-bond acceptors (Lipinski definition) is 5. The average molecular weight is 347 g/mol. The predicted molar refractivity (Wildman–Crippen MR) is 95.4 cm³/mol. The SMILES string of the molecule is CC(C)OC(=O)N1CCC(N[C@H]2COC[C@H]2Cc2ccncc2)CC1. The minimum Gasteiger partial charge on any atom is -0.447 e. The van der Waals surface area contributed by atoms with Crippen molar-refractivity contribution >= 4 is 6.09 Å². The Kier molecular flexibility index (Phi) is 6.26. The molecule has 1 amide bonds.